The molecule has 0 spiro atoms. The number of methoxy groups -OCH3 is 1. The molecule has 3 nitrogen and oxygen atoms in total. The molecule has 2 aromatic carbocycles. The molecular formula is C14H11ClINO2. The van der Waals surface area contributed by atoms with Crippen molar-refractivity contribution in [3.8, 4) is 5.75 Å². The fourth-order valence-corrected chi connectivity index (χ4v) is 2.06. The molecule has 0 bridgehead atoms. The molecule has 0 saturated heterocycles. The van der Waals surface area contributed by atoms with E-state index in [4.69, 9.17) is 16.3 Å². The molecule has 0 aliphatic heterocycles. The first kappa shape index (κ1) is 14.1. The van der Waals surface area contributed by atoms with Crippen molar-refractivity contribution in [2.75, 3.05) is 12.4 Å². The van der Waals surface area contributed by atoms with Crippen molar-refractivity contribution in [1.82, 2.24) is 0 Å². The topological polar surface area (TPSA) is 38.3 Å². The zero-order valence-corrected chi connectivity index (χ0v) is 13.0. The quantitative estimate of drug-likeness (QED) is 0.802. The molecule has 98 valence electrons. The van der Waals surface area contributed by atoms with E-state index in [1.54, 1.807) is 31.4 Å². The molecule has 1 amide bonds. The minimum atomic E-state index is -0.202. The van der Waals surface area contributed by atoms with Crippen molar-refractivity contribution in [1.29, 1.82) is 0 Å². The fourth-order valence-electron chi connectivity index (χ4n) is 1.54. The molecule has 0 heterocycles. The molecule has 0 radical (unpaired) electrons. The summed E-state index contributed by atoms with van der Waals surface area (Å²) in [6.45, 7) is 0. The molecule has 0 atom stereocenters. The van der Waals surface area contributed by atoms with Gasteiger partial charge in [-0.2, -0.15) is 0 Å². The predicted octanol–water partition coefficient (Wildman–Crippen LogP) is 4.21. The Morgan fingerprint density at radius 3 is 2.74 bits per heavy atom. The number of carbonyl (C=O) groups excluding carboxylic acids is 1. The Morgan fingerprint density at radius 1 is 1.26 bits per heavy atom. The van der Waals surface area contributed by atoms with E-state index in [9.17, 15) is 4.79 Å². The van der Waals surface area contributed by atoms with Crippen LogP contribution in [-0.2, 0) is 0 Å². The number of ether oxygens (including phenoxy) is 1. The average Bonchev–Trinajstić information content (AvgIpc) is 2.42. The molecule has 0 aromatic heterocycles. The van der Waals surface area contributed by atoms with E-state index < -0.39 is 0 Å². The molecule has 0 aliphatic carbocycles. The highest BCUT2D eigenvalue weighted by Crippen LogP contribution is 2.21. The molecule has 0 aliphatic rings. The van der Waals surface area contributed by atoms with Gasteiger partial charge in [0.2, 0.25) is 0 Å². The highest BCUT2D eigenvalue weighted by atomic mass is 127. The second-order valence-corrected chi connectivity index (χ2v) is 5.38. The van der Waals surface area contributed by atoms with Gasteiger partial charge in [-0.3, -0.25) is 4.79 Å². The SMILES string of the molecule is COc1cccc(NC(=O)c2ccc(I)c(Cl)c2)c1. The van der Waals surface area contributed by atoms with Gasteiger partial charge in [0, 0.05) is 20.9 Å². The lowest BCUT2D eigenvalue weighted by molar-refractivity contribution is 0.102. The Balaban J connectivity index is 2.18. The van der Waals surface area contributed by atoms with Crippen LogP contribution in [0.25, 0.3) is 0 Å². The normalized spacial score (nSPS) is 10.1. The number of carbonyl (C=O) groups is 1. The molecule has 0 unspecified atom stereocenters. The maximum atomic E-state index is 12.1. The Labute approximate surface area is 130 Å². The number of hydrogen-bond acceptors (Lipinski definition) is 2. The van der Waals surface area contributed by atoms with Gasteiger partial charge in [0.05, 0.1) is 12.1 Å². The van der Waals surface area contributed by atoms with Crippen molar-refractivity contribution < 1.29 is 9.53 Å². The number of anilines is 1. The van der Waals surface area contributed by atoms with E-state index in [0.717, 1.165) is 3.57 Å². The van der Waals surface area contributed by atoms with Crippen LogP contribution in [0, 0.1) is 3.57 Å². The molecule has 2 rings (SSSR count). The monoisotopic (exact) mass is 387 g/mol. The van der Waals surface area contributed by atoms with E-state index in [0.29, 0.717) is 22.0 Å². The van der Waals surface area contributed by atoms with Gasteiger partial charge in [-0.1, -0.05) is 17.7 Å². The average molecular weight is 388 g/mol. The van der Waals surface area contributed by atoms with Crippen LogP contribution in [0.3, 0.4) is 0 Å². The third-order valence-corrected chi connectivity index (χ3v) is 4.08. The van der Waals surface area contributed by atoms with Crippen molar-refractivity contribution in [2.24, 2.45) is 0 Å². The number of nitrogens with one attached hydrogen (secondary N) is 1. The summed E-state index contributed by atoms with van der Waals surface area (Å²) in [7, 11) is 1.58. The second-order valence-electron chi connectivity index (χ2n) is 3.81. The first-order valence-electron chi connectivity index (χ1n) is 5.50. The van der Waals surface area contributed by atoms with Gasteiger partial charge in [0.15, 0.2) is 0 Å². The predicted molar refractivity (Wildman–Crippen MR) is 85.1 cm³/mol. The van der Waals surface area contributed by atoms with Crippen LogP contribution in [0.1, 0.15) is 10.4 Å². The highest BCUT2D eigenvalue weighted by Gasteiger charge is 2.08. The van der Waals surface area contributed by atoms with Crippen LogP contribution < -0.4 is 10.1 Å². The van der Waals surface area contributed by atoms with Gasteiger partial charge in [-0.25, -0.2) is 0 Å². The minimum Gasteiger partial charge on any atom is -0.497 e. The van der Waals surface area contributed by atoms with Crippen LogP contribution in [0.4, 0.5) is 5.69 Å². The zero-order valence-electron chi connectivity index (χ0n) is 10.1. The summed E-state index contributed by atoms with van der Waals surface area (Å²) in [5.74, 6) is 0.491. The van der Waals surface area contributed by atoms with Crippen molar-refractivity contribution >= 4 is 45.8 Å². The van der Waals surface area contributed by atoms with Gasteiger partial charge in [0.25, 0.3) is 5.91 Å². The smallest absolute Gasteiger partial charge is 0.255 e. The summed E-state index contributed by atoms with van der Waals surface area (Å²) in [5.41, 5.74) is 1.20. The zero-order chi connectivity index (χ0) is 13.8. The Hall–Kier alpha value is -1.27. The summed E-state index contributed by atoms with van der Waals surface area (Å²) in [6, 6.07) is 12.4. The Kier molecular flexibility index (Phi) is 4.66. The summed E-state index contributed by atoms with van der Waals surface area (Å²) < 4.78 is 6.02. The van der Waals surface area contributed by atoms with Gasteiger partial charge in [-0.05, 0) is 52.9 Å². The standard InChI is InChI=1S/C14H11ClINO2/c1-19-11-4-2-3-10(8-11)17-14(18)9-5-6-13(16)12(15)7-9/h2-8H,1H3,(H,17,18). The number of hydrogen-bond donors (Lipinski definition) is 1. The minimum absolute atomic E-state index is 0.202. The lowest BCUT2D eigenvalue weighted by atomic mass is 10.2. The van der Waals surface area contributed by atoms with Gasteiger partial charge >= 0.3 is 0 Å². The Morgan fingerprint density at radius 2 is 2.05 bits per heavy atom. The van der Waals surface area contributed by atoms with E-state index in [-0.39, 0.29) is 5.91 Å². The molecule has 0 fully saturated rings. The van der Waals surface area contributed by atoms with Gasteiger partial charge in [-0.15, -0.1) is 0 Å². The van der Waals surface area contributed by atoms with Crippen LogP contribution in [0.15, 0.2) is 42.5 Å². The summed E-state index contributed by atoms with van der Waals surface area (Å²) in [5, 5.41) is 3.37. The molecule has 19 heavy (non-hydrogen) atoms. The number of amides is 1. The van der Waals surface area contributed by atoms with Crippen molar-refractivity contribution in [3.63, 3.8) is 0 Å². The van der Waals surface area contributed by atoms with Crippen LogP contribution in [0.2, 0.25) is 5.02 Å². The summed E-state index contributed by atoms with van der Waals surface area (Å²) >= 11 is 8.12. The second kappa shape index (κ2) is 6.25. The van der Waals surface area contributed by atoms with Gasteiger partial charge < -0.3 is 10.1 Å². The lowest BCUT2D eigenvalue weighted by Gasteiger charge is -2.07. The molecule has 1 N–H and O–H groups in total. The van der Waals surface area contributed by atoms with E-state index in [2.05, 4.69) is 27.9 Å². The fraction of sp³-hybridized carbons (Fsp3) is 0.0714. The van der Waals surface area contributed by atoms with E-state index >= 15 is 0 Å². The van der Waals surface area contributed by atoms with Crippen molar-refractivity contribution in [3.05, 3.63) is 56.6 Å². The lowest BCUT2D eigenvalue weighted by Crippen LogP contribution is -2.11. The third-order valence-electron chi connectivity index (χ3n) is 2.51. The summed E-state index contributed by atoms with van der Waals surface area (Å²) in [4.78, 5) is 12.1. The maximum Gasteiger partial charge on any atom is 0.255 e. The first-order chi connectivity index (χ1) is 9.10. The Bertz CT molecular complexity index is 616. The molecule has 2 aromatic rings. The van der Waals surface area contributed by atoms with Crippen molar-refractivity contribution in [2.45, 2.75) is 0 Å². The number of halogens is 2. The number of benzene rings is 2. The molecule has 5 heteroatoms. The molecule has 0 saturated carbocycles. The number of rotatable bonds is 3. The van der Waals surface area contributed by atoms with Crippen LogP contribution >= 0.6 is 34.2 Å². The van der Waals surface area contributed by atoms with Gasteiger partial charge in [0.1, 0.15) is 5.75 Å². The first-order valence-corrected chi connectivity index (χ1v) is 6.96. The summed E-state index contributed by atoms with van der Waals surface area (Å²) in [6.07, 6.45) is 0. The largest absolute Gasteiger partial charge is 0.497 e. The maximum absolute atomic E-state index is 12.1. The van der Waals surface area contributed by atoms with E-state index in [1.165, 1.54) is 0 Å². The van der Waals surface area contributed by atoms with E-state index in [1.807, 2.05) is 18.2 Å². The molecular weight excluding hydrogens is 377 g/mol. The highest BCUT2D eigenvalue weighted by molar-refractivity contribution is 14.1. The third kappa shape index (κ3) is 3.61. The van der Waals surface area contributed by atoms with Crippen LogP contribution in [-0.4, -0.2) is 13.0 Å². The van der Waals surface area contributed by atoms with Crippen LogP contribution in [0.5, 0.6) is 5.75 Å².